The largest absolute Gasteiger partial charge is 0.493 e. The van der Waals surface area contributed by atoms with Crippen LogP contribution in [0.4, 0.5) is 0 Å². The van der Waals surface area contributed by atoms with Crippen molar-refractivity contribution in [1.29, 1.82) is 0 Å². The number of hydrogen-bond acceptors (Lipinski definition) is 6. The van der Waals surface area contributed by atoms with Crippen LogP contribution in [0.3, 0.4) is 0 Å². The van der Waals surface area contributed by atoms with Crippen molar-refractivity contribution in [2.75, 3.05) is 39.4 Å². The second kappa shape index (κ2) is 10.3. The first-order chi connectivity index (χ1) is 13.8. The highest BCUT2D eigenvalue weighted by Crippen LogP contribution is 2.17. The Morgan fingerprint density at radius 1 is 0.714 bits per heavy atom. The molecule has 0 aliphatic carbocycles. The zero-order chi connectivity index (χ0) is 19.6. The van der Waals surface area contributed by atoms with Gasteiger partial charge in [-0.25, -0.2) is 0 Å². The van der Waals surface area contributed by atoms with Crippen LogP contribution < -0.4 is 9.47 Å². The molecule has 148 valence electrons. The van der Waals surface area contributed by atoms with Gasteiger partial charge in [-0.1, -0.05) is 24.3 Å². The third-order valence-electron chi connectivity index (χ3n) is 4.39. The van der Waals surface area contributed by atoms with Crippen LogP contribution in [-0.2, 0) is 0 Å². The van der Waals surface area contributed by atoms with Crippen LogP contribution in [-0.4, -0.2) is 61.8 Å². The molecule has 0 spiro atoms. The highest BCUT2D eigenvalue weighted by atomic mass is 16.5. The summed E-state index contributed by atoms with van der Waals surface area (Å²) in [5.41, 5.74) is 2.00. The number of hydrogen-bond donors (Lipinski definition) is 0. The maximum Gasteiger partial charge on any atom is 0.128 e. The van der Waals surface area contributed by atoms with Gasteiger partial charge in [0.15, 0.2) is 0 Å². The third kappa shape index (κ3) is 5.49. The summed E-state index contributed by atoms with van der Waals surface area (Å²) in [4.78, 5) is 0. The monoisotopic (exact) mass is 380 g/mol. The lowest BCUT2D eigenvalue weighted by Gasteiger charge is -2.31. The Morgan fingerprint density at radius 2 is 1.11 bits per heavy atom. The number of hydrazone groups is 2. The maximum absolute atomic E-state index is 5.65. The van der Waals surface area contributed by atoms with E-state index in [0.29, 0.717) is 13.2 Å². The fraction of sp³-hybridized carbons (Fsp3) is 0.364. The molecule has 6 heteroatoms. The molecule has 6 nitrogen and oxygen atoms in total. The summed E-state index contributed by atoms with van der Waals surface area (Å²) in [6, 6.07) is 15.9. The summed E-state index contributed by atoms with van der Waals surface area (Å²) in [6.45, 7) is 8.59. The van der Waals surface area contributed by atoms with Gasteiger partial charge in [-0.2, -0.15) is 10.2 Å². The predicted octanol–water partition coefficient (Wildman–Crippen LogP) is 3.47. The fourth-order valence-corrected chi connectivity index (χ4v) is 2.95. The van der Waals surface area contributed by atoms with Crippen LogP contribution in [0.5, 0.6) is 11.5 Å². The van der Waals surface area contributed by atoms with E-state index < -0.39 is 0 Å². The van der Waals surface area contributed by atoms with Crippen molar-refractivity contribution in [2.45, 2.75) is 13.8 Å². The van der Waals surface area contributed by atoms with Crippen molar-refractivity contribution in [2.24, 2.45) is 10.2 Å². The van der Waals surface area contributed by atoms with Crippen LogP contribution in [0.15, 0.2) is 58.7 Å². The Balaban J connectivity index is 1.54. The molecule has 0 bridgehead atoms. The number of ether oxygens (including phenoxy) is 2. The standard InChI is InChI=1S/C22H28N4O2/c1-3-27-21-11-7-5-9-19(21)17-23-25-13-15-26(16-14-25)24-18-20-10-6-8-12-22(20)28-4-2/h5-12,17-18H,3-4,13-16H2,1-2H3/b23-17+,24-18+. The van der Waals surface area contributed by atoms with E-state index in [-0.39, 0.29) is 0 Å². The average Bonchev–Trinajstić information content (AvgIpc) is 2.74. The quantitative estimate of drug-likeness (QED) is 0.658. The molecule has 0 unspecified atom stereocenters. The normalized spacial score (nSPS) is 14.8. The Bertz CT molecular complexity index is 731. The maximum atomic E-state index is 5.65. The SMILES string of the molecule is CCOc1ccccc1/C=N/N1CCN(/N=C/c2ccccc2OCC)CC1. The second-order valence-corrected chi connectivity index (χ2v) is 6.34. The van der Waals surface area contributed by atoms with E-state index in [0.717, 1.165) is 48.8 Å². The fourth-order valence-electron chi connectivity index (χ4n) is 2.95. The predicted molar refractivity (Wildman–Crippen MR) is 114 cm³/mol. The van der Waals surface area contributed by atoms with Gasteiger partial charge < -0.3 is 9.47 Å². The Morgan fingerprint density at radius 3 is 1.50 bits per heavy atom. The molecule has 0 radical (unpaired) electrons. The summed E-state index contributed by atoms with van der Waals surface area (Å²) >= 11 is 0. The van der Waals surface area contributed by atoms with Crippen molar-refractivity contribution >= 4 is 12.4 Å². The molecule has 0 saturated carbocycles. The van der Waals surface area contributed by atoms with Gasteiger partial charge in [0.2, 0.25) is 0 Å². The lowest BCUT2D eigenvalue weighted by atomic mass is 10.2. The average molecular weight is 380 g/mol. The number of piperazine rings is 1. The number of rotatable bonds is 8. The number of nitrogens with zero attached hydrogens (tertiary/aromatic N) is 4. The first-order valence-electron chi connectivity index (χ1n) is 9.81. The molecule has 1 aliphatic heterocycles. The van der Waals surface area contributed by atoms with Crippen molar-refractivity contribution < 1.29 is 9.47 Å². The highest BCUT2D eigenvalue weighted by Gasteiger charge is 2.13. The van der Waals surface area contributed by atoms with Gasteiger partial charge in [-0.15, -0.1) is 0 Å². The molecule has 1 heterocycles. The van der Waals surface area contributed by atoms with Gasteiger partial charge in [0, 0.05) is 11.1 Å². The molecule has 0 N–H and O–H groups in total. The van der Waals surface area contributed by atoms with Gasteiger partial charge >= 0.3 is 0 Å². The van der Waals surface area contributed by atoms with Gasteiger partial charge in [0.05, 0.1) is 51.8 Å². The van der Waals surface area contributed by atoms with Crippen LogP contribution >= 0.6 is 0 Å². The van der Waals surface area contributed by atoms with Crippen molar-refractivity contribution in [3.05, 3.63) is 59.7 Å². The summed E-state index contributed by atoms with van der Waals surface area (Å²) in [7, 11) is 0. The number of para-hydroxylation sites is 2. The van der Waals surface area contributed by atoms with E-state index >= 15 is 0 Å². The molecule has 28 heavy (non-hydrogen) atoms. The third-order valence-corrected chi connectivity index (χ3v) is 4.39. The van der Waals surface area contributed by atoms with E-state index in [4.69, 9.17) is 9.47 Å². The van der Waals surface area contributed by atoms with E-state index in [1.807, 2.05) is 74.8 Å². The lowest BCUT2D eigenvalue weighted by molar-refractivity contribution is 0.141. The van der Waals surface area contributed by atoms with E-state index in [1.54, 1.807) is 0 Å². The molecule has 3 rings (SSSR count). The smallest absolute Gasteiger partial charge is 0.128 e. The van der Waals surface area contributed by atoms with Gasteiger partial charge in [-0.3, -0.25) is 10.0 Å². The zero-order valence-corrected chi connectivity index (χ0v) is 16.6. The molecule has 2 aromatic rings. The van der Waals surface area contributed by atoms with Crippen molar-refractivity contribution in [3.63, 3.8) is 0 Å². The molecule has 1 fully saturated rings. The minimum Gasteiger partial charge on any atom is -0.493 e. The minimum atomic E-state index is 0.647. The zero-order valence-electron chi connectivity index (χ0n) is 16.6. The van der Waals surface area contributed by atoms with Gasteiger partial charge in [0.25, 0.3) is 0 Å². The molecule has 2 aromatic carbocycles. The number of benzene rings is 2. The van der Waals surface area contributed by atoms with E-state index in [9.17, 15) is 0 Å². The first-order valence-corrected chi connectivity index (χ1v) is 9.81. The minimum absolute atomic E-state index is 0.647. The summed E-state index contributed by atoms with van der Waals surface area (Å²) < 4.78 is 11.3. The van der Waals surface area contributed by atoms with Crippen LogP contribution in [0.1, 0.15) is 25.0 Å². The molecule has 0 atom stereocenters. The molecular formula is C22H28N4O2. The first kappa shape index (κ1) is 19.7. The molecule has 1 saturated heterocycles. The molecule has 0 amide bonds. The van der Waals surface area contributed by atoms with E-state index in [2.05, 4.69) is 20.2 Å². The summed E-state index contributed by atoms with van der Waals surface area (Å²) in [5, 5.41) is 13.4. The van der Waals surface area contributed by atoms with Gasteiger partial charge in [-0.05, 0) is 38.1 Å². The van der Waals surface area contributed by atoms with Crippen LogP contribution in [0.2, 0.25) is 0 Å². The summed E-state index contributed by atoms with van der Waals surface area (Å²) in [6.07, 6.45) is 3.75. The van der Waals surface area contributed by atoms with Crippen LogP contribution in [0, 0.1) is 0 Å². The lowest BCUT2D eigenvalue weighted by Crippen LogP contribution is -2.41. The van der Waals surface area contributed by atoms with E-state index in [1.165, 1.54) is 0 Å². The van der Waals surface area contributed by atoms with Crippen LogP contribution in [0.25, 0.3) is 0 Å². The Kier molecular flexibility index (Phi) is 7.29. The Hall–Kier alpha value is -3.02. The molecule has 1 aliphatic rings. The summed E-state index contributed by atoms with van der Waals surface area (Å²) in [5.74, 6) is 1.73. The highest BCUT2D eigenvalue weighted by molar-refractivity contribution is 5.83. The van der Waals surface area contributed by atoms with Crippen molar-refractivity contribution in [1.82, 2.24) is 10.0 Å². The topological polar surface area (TPSA) is 49.7 Å². The molecule has 0 aromatic heterocycles. The molecular weight excluding hydrogens is 352 g/mol. The van der Waals surface area contributed by atoms with Gasteiger partial charge in [0.1, 0.15) is 11.5 Å². The van der Waals surface area contributed by atoms with Crippen molar-refractivity contribution in [3.8, 4) is 11.5 Å². The Labute approximate surface area is 167 Å². The second-order valence-electron chi connectivity index (χ2n) is 6.34.